The highest BCUT2D eigenvalue weighted by Crippen LogP contribution is 2.59. The third kappa shape index (κ3) is 13.9. The van der Waals surface area contributed by atoms with E-state index in [1.165, 1.54) is 6.42 Å². The Hall–Kier alpha value is -0.390. The number of aliphatic hydroxyl groups is 1. The van der Waals surface area contributed by atoms with Crippen molar-refractivity contribution in [1.29, 1.82) is 0 Å². The lowest BCUT2D eigenvalue weighted by atomic mass is 9.72. The molecule has 5 aliphatic rings. The lowest BCUT2D eigenvalue weighted by Crippen LogP contribution is -2.58. The molecule has 1 aliphatic heterocycles. The van der Waals surface area contributed by atoms with Crippen molar-refractivity contribution < 1.29 is 55.3 Å². The Balaban J connectivity index is -0.000000211. The number of hydrogen-bond acceptors (Lipinski definition) is 6. The largest absolute Gasteiger partial charge is 0.460 e. The predicted octanol–water partition coefficient (Wildman–Crippen LogP) is 13.3. The van der Waals surface area contributed by atoms with Gasteiger partial charge in [-0.1, -0.05) is 86.1 Å². The first kappa shape index (κ1) is 61.8. The molecule has 12 unspecified atom stereocenters. The quantitative estimate of drug-likeness (QED) is 0.131. The van der Waals surface area contributed by atoms with Crippen LogP contribution in [-0.2, 0) is 23.9 Å². The monoisotopic (exact) mass is 1010 g/mol. The van der Waals surface area contributed by atoms with Crippen LogP contribution in [0.25, 0.3) is 0 Å². The zero-order valence-corrected chi connectivity index (χ0v) is 32.8. The zero-order valence-electron chi connectivity index (χ0n) is 28.5. The summed E-state index contributed by atoms with van der Waals surface area (Å²) in [6, 6.07) is 0. The standard InChI is InChI=1S/C14H24O2.C13H18F6O.C6H8O3.6CH4.I2/c1-8-9(2)11-6-10(8)7-12(11)13(15)16-14(3,4)5;1-6-7(2)10-4-8(6)3-9(10)5-11(20,12(14,15)16)13(17,18)19;1-3-4(2)6(8)9-5(3)7;;;;;;;1-2/h8-12H,6-7H2,1-5H3;6-10,20H,3-5H2,1-2H3;3-4H,1-2H3;6*1H4;. The van der Waals surface area contributed by atoms with Crippen molar-refractivity contribution in [1.82, 2.24) is 0 Å². The van der Waals surface area contributed by atoms with Gasteiger partial charge in [0.15, 0.2) is 0 Å². The highest BCUT2D eigenvalue weighted by molar-refractivity contribution is 15.0. The Kier molecular flexibility index (Phi) is 27.0. The molecule has 5 rings (SSSR count). The molecule has 0 aromatic rings. The Morgan fingerprint density at radius 1 is 0.679 bits per heavy atom. The summed E-state index contributed by atoms with van der Waals surface area (Å²) in [5.41, 5.74) is -4.92. The number of esters is 3. The average Bonchev–Trinajstić information content (AvgIpc) is 3.73. The van der Waals surface area contributed by atoms with Gasteiger partial charge in [0, 0.05) is 37.2 Å². The van der Waals surface area contributed by atoms with Crippen LogP contribution >= 0.6 is 37.2 Å². The van der Waals surface area contributed by atoms with Crippen molar-refractivity contribution in [3.05, 3.63) is 0 Å². The number of halogens is 8. The van der Waals surface area contributed by atoms with Crippen molar-refractivity contribution in [3.63, 3.8) is 0 Å². The van der Waals surface area contributed by atoms with Gasteiger partial charge in [0.05, 0.1) is 17.8 Å². The third-order valence-corrected chi connectivity index (χ3v) is 11.8. The Bertz CT molecular complexity index is 1080. The van der Waals surface area contributed by atoms with E-state index >= 15 is 0 Å². The van der Waals surface area contributed by atoms with Crippen molar-refractivity contribution in [2.45, 2.75) is 163 Å². The van der Waals surface area contributed by atoms with Gasteiger partial charge in [-0.25, -0.2) is 0 Å². The highest BCUT2D eigenvalue weighted by atomic mass is 128. The molecule has 322 valence electrons. The van der Waals surface area contributed by atoms with Gasteiger partial charge in [0.25, 0.3) is 5.60 Å². The maximum absolute atomic E-state index is 12.7. The number of alkyl halides is 6. The second-order valence-corrected chi connectivity index (χ2v) is 15.5. The van der Waals surface area contributed by atoms with Crippen LogP contribution in [0.5, 0.6) is 0 Å². The van der Waals surface area contributed by atoms with Crippen LogP contribution in [0, 0.1) is 71.0 Å². The van der Waals surface area contributed by atoms with Gasteiger partial charge in [-0.05, 0) is 106 Å². The van der Waals surface area contributed by atoms with Crippen LogP contribution in [0.3, 0.4) is 0 Å². The van der Waals surface area contributed by atoms with Gasteiger partial charge in [-0.2, -0.15) is 26.3 Å². The third-order valence-electron chi connectivity index (χ3n) is 11.8. The summed E-state index contributed by atoms with van der Waals surface area (Å²) in [5.74, 6) is 1.53. The van der Waals surface area contributed by atoms with Crippen LogP contribution in [0.2, 0.25) is 0 Å². The summed E-state index contributed by atoms with van der Waals surface area (Å²) in [4.78, 5) is 33.2. The summed E-state index contributed by atoms with van der Waals surface area (Å²) in [6.45, 7) is 17.7. The predicted molar refractivity (Wildman–Crippen MR) is 221 cm³/mol. The number of cyclic esters (lactones) is 2. The summed E-state index contributed by atoms with van der Waals surface area (Å²) in [7, 11) is 0. The zero-order chi connectivity index (χ0) is 36.6. The molecule has 1 heterocycles. The van der Waals surface area contributed by atoms with E-state index in [1.807, 2.05) is 34.6 Å². The second-order valence-electron chi connectivity index (χ2n) is 15.5. The van der Waals surface area contributed by atoms with E-state index in [-0.39, 0.29) is 91.6 Å². The Labute approximate surface area is 342 Å². The molecule has 14 heteroatoms. The van der Waals surface area contributed by atoms with Crippen LogP contribution in [0.15, 0.2) is 0 Å². The molecule has 0 radical (unpaired) electrons. The van der Waals surface area contributed by atoms with Gasteiger partial charge in [-0.3, -0.25) is 14.4 Å². The summed E-state index contributed by atoms with van der Waals surface area (Å²) in [6.07, 6.45) is -9.32. The first-order valence-electron chi connectivity index (χ1n) is 16.3. The van der Waals surface area contributed by atoms with Crippen LogP contribution in [0.1, 0.15) is 139 Å². The molecular weight excluding hydrogens is 932 g/mol. The SMILES string of the molecule is C.C.C.C.C.C.CC1C(=O)OC(=O)C1C.CC1C2CC(C(=O)OC(C)(C)C)C(C2)C1C.CC1C2CC(CC(O)(C(F)(F)F)C(F)(F)F)C(C2)C1C.II. The minimum absolute atomic E-state index is 0. The Morgan fingerprint density at radius 3 is 1.30 bits per heavy atom. The molecule has 12 atom stereocenters. The Morgan fingerprint density at radius 2 is 1.04 bits per heavy atom. The molecule has 6 nitrogen and oxygen atoms in total. The lowest BCUT2D eigenvalue weighted by Gasteiger charge is -2.39. The van der Waals surface area contributed by atoms with Gasteiger partial charge in [0.1, 0.15) is 5.60 Å². The summed E-state index contributed by atoms with van der Waals surface area (Å²) >= 11 is 4.24. The minimum atomic E-state index is -5.69. The molecule has 1 N–H and O–H groups in total. The van der Waals surface area contributed by atoms with E-state index in [9.17, 15) is 45.8 Å². The van der Waals surface area contributed by atoms with Crippen molar-refractivity contribution in [2.75, 3.05) is 0 Å². The van der Waals surface area contributed by atoms with E-state index in [2.05, 4.69) is 55.8 Å². The molecule has 4 aliphatic carbocycles. The fourth-order valence-electron chi connectivity index (χ4n) is 8.38. The maximum atomic E-state index is 12.7. The van der Waals surface area contributed by atoms with E-state index < -0.39 is 42.2 Å². The van der Waals surface area contributed by atoms with Gasteiger partial charge < -0.3 is 14.6 Å². The second kappa shape index (κ2) is 23.1. The fraction of sp³-hybridized carbons (Fsp3) is 0.923. The number of carbonyl (C=O) groups excluding carboxylic acids is 3. The molecule has 0 aromatic carbocycles. The number of fused-ring (bicyclic) bond motifs is 4. The molecule has 0 amide bonds. The maximum Gasteiger partial charge on any atom is 0.426 e. The molecule has 4 saturated carbocycles. The van der Waals surface area contributed by atoms with Gasteiger partial charge >= 0.3 is 30.3 Å². The normalized spacial score (nSPS) is 33.4. The number of rotatable bonds is 3. The van der Waals surface area contributed by atoms with Gasteiger partial charge in [-0.15, -0.1) is 0 Å². The molecule has 5 fully saturated rings. The number of carbonyl (C=O) groups is 3. The number of ether oxygens (including phenoxy) is 2. The summed E-state index contributed by atoms with van der Waals surface area (Å²) in [5, 5.41) is 9.28. The van der Waals surface area contributed by atoms with E-state index in [0.717, 1.165) is 18.3 Å². The van der Waals surface area contributed by atoms with Crippen LogP contribution in [0.4, 0.5) is 26.3 Å². The highest BCUT2D eigenvalue weighted by Gasteiger charge is 2.71. The average molecular weight is 1010 g/mol. The molecule has 4 bridgehead atoms. The summed E-state index contributed by atoms with van der Waals surface area (Å²) < 4.78 is 86.0. The van der Waals surface area contributed by atoms with E-state index in [1.54, 1.807) is 13.8 Å². The van der Waals surface area contributed by atoms with E-state index in [4.69, 9.17) is 4.74 Å². The van der Waals surface area contributed by atoms with Crippen molar-refractivity contribution in [2.24, 2.45) is 71.0 Å². The topological polar surface area (TPSA) is 89.9 Å². The van der Waals surface area contributed by atoms with Gasteiger partial charge in [0.2, 0.25) is 0 Å². The fourth-order valence-corrected chi connectivity index (χ4v) is 8.38. The van der Waals surface area contributed by atoms with Crippen LogP contribution in [-0.4, -0.2) is 46.6 Å². The lowest BCUT2D eigenvalue weighted by molar-refractivity contribution is -0.373. The van der Waals surface area contributed by atoms with Crippen molar-refractivity contribution >= 4 is 55.1 Å². The first-order valence-corrected chi connectivity index (χ1v) is 22.6. The van der Waals surface area contributed by atoms with Crippen molar-refractivity contribution in [3.8, 4) is 0 Å². The molecule has 53 heavy (non-hydrogen) atoms. The molecular formula is C39H74F6I2O6. The van der Waals surface area contributed by atoms with Crippen LogP contribution < -0.4 is 0 Å². The number of hydrogen-bond donors (Lipinski definition) is 1. The molecule has 1 saturated heterocycles. The first-order chi connectivity index (χ1) is 21.3. The molecule has 0 aromatic heterocycles. The smallest absolute Gasteiger partial charge is 0.426 e. The molecule has 0 spiro atoms. The van der Waals surface area contributed by atoms with E-state index in [0.29, 0.717) is 30.6 Å². The minimum Gasteiger partial charge on any atom is -0.460 e.